The Morgan fingerprint density at radius 1 is 1.62 bits per heavy atom. The van der Waals surface area contributed by atoms with E-state index in [1.807, 2.05) is 25.1 Å². The first-order valence-corrected chi connectivity index (χ1v) is 3.84. The van der Waals surface area contributed by atoms with Crippen LogP contribution in [0.2, 0.25) is 0 Å². The van der Waals surface area contributed by atoms with E-state index in [1.165, 1.54) is 0 Å². The molecule has 3 nitrogen and oxygen atoms in total. The Balaban J connectivity index is 2.63. The van der Waals surface area contributed by atoms with Crippen molar-refractivity contribution in [3.05, 3.63) is 35.9 Å². The topological polar surface area (TPSA) is 45.4 Å². The molecule has 0 amide bonds. The summed E-state index contributed by atoms with van der Waals surface area (Å²) in [6.07, 6.45) is 0. The summed E-state index contributed by atoms with van der Waals surface area (Å²) in [4.78, 5) is 4.72. The highest BCUT2D eigenvalue weighted by Gasteiger charge is 1.94. The molecule has 0 saturated carbocycles. The van der Waals surface area contributed by atoms with Gasteiger partial charge in [-0.25, -0.2) is 0 Å². The van der Waals surface area contributed by atoms with Gasteiger partial charge in [0.1, 0.15) is 6.07 Å². The number of nitriles is 1. The maximum atomic E-state index is 8.20. The van der Waals surface area contributed by atoms with Crippen molar-refractivity contribution in [2.75, 3.05) is 6.61 Å². The second-order valence-electron chi connectivity index (χ2n) is 2.40. The van der Waals surface area contributed by atoms with Gasteiger partial charge in [-0.15, -0.1) is 0 Å². The molecule has 0 aliphatic rings. The first-order valence-electron chi connectivity index (χ1n) is 3.84. The van der Waals surface area contributed by atoms with Crippen molar-refractivity contribution in [2.45, 2.75) is 6.92 Å². The molecule has 1 aromatic carbocycles. The fourth-order valence-corrected chi connectivity index (χ4v) is 0.839. The molecule has 0 aliphatic carbocycles. The lowest BCUT2D eigenvalue weighted by molar-refractivity contribution is 0.178. The number of rotatable bonds is 3. The van der Waals surface area contributed by atoms with Crippen LogP contribution in [0.1, 0.15) is 12.5 Å². The summed E-state index contributed by atoms with van der Waals surface area (Å²) in [7, 11) is 0. The summed E-state index contributed by atoms with van der Waals surface area (Å²) in [5, 5.41) is 12.0. The molecule has 65 valence electrons. The number of benzene rings is 1. The zero-order valence-corrected chi connectivity index (χ0v) is 7.32. The predicted molar refractivity (Wildman–Crippen MR) is 49.1 cm³/mol. The highest BCUT2D eigenvalue weighted by molar-refractivity contribution is 5.98. The van der Waals surface area contributed by atoms with E-state index in [1.54, 1.807) is 12.1 Å². The van der Waals surface area contributed by atoms with Crippen LogP contribution in [-0.4, -0.2) is 12.3 Å². The zero-order chi connectivity index (χ0) is 9.52. The minimum atomic E-state index is -0.0176. The van der Waals surface area contributed by atoms with Crippen molar-refractivity contribution in [2.24, 2.45) is 5.16 Å². The molecule has 1 rings (SSSR count). The standard InChI is InChI=1S/C10H9N2O/c1-9(12-13-8-7-11)10-5-3-2-4-6-10/h3-6H,8H2,1H3/b12-9+. The van der Waals surface area contributed by atoms with Crippen LogP contribution in [0.15, 0.2) is 29.4 Å². The Labute approximate surface area is 77.2 Å². The van der Waals surface area contributed by atoms with E-state index in [4.69, 9.17) is 10.1 Å². The minimum Gasteiger partial charge on any atom is -0.380 e. The van der Waals surface area contributed by atoms with Gasteiger partial charge >= 0.3 is 0 Å². The molecule has 0 fully saturated rings. The van der Waals surface area contributed by atoms with Gasteiger partial charge in [-0.05, 0) is 18.6 Å². The summed E-state index contributed by atoms with van der Waals surface area (Å²) in [6, 6.07) is 12.1. The van der Waals surface area contributed by atoms with Crippen LogP contribution in [0.4, 0.5) is 0 Å². The highest BCUT2D eigenvalue weighted by atomic mass is 16.6. The summed E-state index contributed by atoms with van der Waals surface area (Å²) in [5.41, 5.74) is 1.72. The Bertz CT molecular complexity index is 325. The largest absolute Gasteiger partial charge is 0.380 e. The van der Waals surface area contributed by atoms with E-state index in [-0.39, 0.29) is 6.61 Å². The summed E-state index contributed by atoms with van der Waals surface area (Å²) in [5.74, 6) is 0. The van der Waals surface area contributed by atoms with Gasteiger partial charge in [0, 0.05) is 0 Å². The molecule has 0 spiro atoms. The first-order chi connectivity index (χ1) is 6.34. The lowest BCUT2D eigenvalue weighted by Gasteiger charge is -1.98. The van der Waals surface area contributed by atoms with E-state index in [0.29, 0.717) is 0 Å². The molecule has 0 bridgehead atoms. The van der Waals surface area contributed by atoms with Crippen LogP contribution < -0.4 is 0 Å². The fourth-order valence-electron chi connectivity index (χ4n) is 0.839. The highest BCUT2D eigenvalue weighted by Crippen LogP contribution is 2.00. The Hall–Kier alpha value is -1.82. The second-order valence-corrected chi connectivity index (χ2v) is 2.40. The molecular formula is C10H9N2O. The van der Waals surface area contributed by atoms with E-state index in [9.17, 15) is 0 Å². The third kappa shape index (κ3) is 2.96. The molecule has 0 heterocycles. The smallest absolute Gasteiger partial charge is 0.202 e. The van der Waals surface area contributed by atoms with Crippen LogP contribution in [0.25, 0.3) is 0 Å². The fraction of sp³-hybridized carbons (Fsp3) is 0.200. The quantitative estimate of drug-likeness (QED) is 0.397. The number of nitrogens with zero attached hydrogens (tertiary/aromatic N) is 2. The Morgan fingerprint density at radius 2 is 2.31 bits per heavy atom. The monoisotopic (exact) mass is 173 g/mol. The van der Waals surface area contributed by atoms with Gasteiger partial charge < -0.3 is 4.84 Å². The lowest BCUT2D eigenvalue weighted by atomic mass is 10.1. The van der Waals surface area contributed by atoms with Crippen molar-refractivity contribution < 1.29 is 4.84 Å². The first kappa shape index (κ1) is 9.27. The normalized spacial score (nSPS) is 10.6. The molecule has 3 heteroatoms. The third-order valence-electron chi connectivity index (χ3n) is 1.47. The summed E-state index contributed by atoms with van der Waals surface area (Å²) in [6.45, 7) is 1.81. The van der Waals surface area contributed by atoms with Gasteiger partial charge in [-0.1, -0.05) is 29.4 Å². The SMILES string of the molecule is C/C(=N\OCC#N)c1cc[c]cc1. The lowest BCUT2D eigenvalue weighted by Crippen LogP contribution is -1.95. The van der Waals surface area contributed by atoms with Crippen LogP contribution in [-0.2, 0) is 4.84 Å². The van der Waals surface area contributed by atoms with Crippen LogP contribution >= 0.6 is 0 Å². The van der Waals surface area contributed by atoms with E-state index in [0.717, 1.165) is 11.3 Å². The average Bonchev–Trinajstić information content (AvgIpc) is 2.19. The molecule has 13 heavy (non-hydrogen) atoms. The van der Waals surface area contributed by atoms with E-state index < -0.39 is 0 Å². The van der Waals surface area contributed by atoms with Gasteiger partial charge in [-0.3, -0.25) is 0 Å². The summed E-state index contributed by atoms with van der Waals surface area (Å²) >= 11 is 0. The molecule has 0 saturated heterocycles. The van der Waals surface area contributed by atoms with Gasteiger partial charge in [-0.2, -0.15) is 5.26 Å². The molecule has 0 aliphatic heterocycles. The number of hydrogen-bond donors (Lipinski definition) is 0. The Morgan fingerprint density at radius 3 is 2.92 bits per heavy atom. The summed E-state index contributed by atoms with van der Waals surface area (Å²) < 4.78 is 0. The van der Waals surface area contributed by atoms with Gasteiger partial charge in [0.15, 0.2) is 0 Å². The van der Waals surface area contributed by atoms with E-state index >= 15 is 0 Å². The average molecular weight is 173 g/mol. The molecule has 0 unspecified atom stereocenters. The van der Waals surface area contributed by atoms with Gasteiger partial charge in [0.2, 0.25) is 6.61 Å². The van der Waals surface area contributed by atoms with Crippen molar-refractivity contribution in [3.8, 4) is 6.07 Å². The third-order valence-corrected chi connectivity index (χ3v) is 1.47. The van der Waals surface area contributed by atoms with Crippen LogP contribution in [0.5, 0.6) is 0 Å². The maximum absolute atomic E-state index is 8.20. The van der Waals surface area contributed by atoms with Gasteiger partial charge in [0.05, 0.1) is 5.71 Å². The predicted octanol–water partition coefficient (Wildman–Crippen LogP) is 1.75. The van der Waals surface area contributed by atoms with Crippen molar-refractivity contribution in [1.29, 1.82) is 5.26 Å². The second kappa shape index (κ2) is 4.94. The number of hydrogen-bond acceptors (Lipinski definition) is 3. The minimum absolute atomic E-state index is 0.0176. The Kier molecular flexibility index (Phi) is 3.52. The molecule has 1 aromatic rings. The number of oxime groups is 1. The molecule has 0 atom stereocenters. The van der Waals surface area contributed by atoms with Gasteiger partial charge in [0.25, 0.3) is 0 Å². The van der Waals surface area contributed by atoms with Crippen molar-refractivity contribution >= 4 is 5.71 Å². The van der Waals surface area contributed by atoms with Crippen LogP contribution in [0, 0.1) is 17.4 Å². The van der Waals surface area contributed by atoms with Crippen molar-refractivity contribution in [3.63, 3.8) is 0 Å². The zero-order valence-electron chi connectivity index (χ0n) is 7.32. The molecule has 1 radical (unpaired) electrons. The van der Waals surface area contributed by atoms with E-state index in [2.05, 4.69) is 11.2 Å². The molecular weight excluding hydrogens is 164 g/mol. The van der Waals surface area contributed by atoms with Crippen molar-refractivity contribution in [1.82, 2.24) is 0 Å². The maximum Gasteiger partial charge on any atom is 0.202 e. The van der Waals surface area contributed by atoms with Crippen LogP contribution in [0.3, 0.4) is 0 Å². The molecule has 0 N–H and O–H groups in total. The molecule has 0 aromatic heterocycles.